The standard InChI is InChI=1S/C17H14IN3O/c18-16-9-5-4-8-15(16)17(22)19-10-13-11-20-21(12-13)14-6-2-1-3-7-14/h1-9,11-12H,10H2,(H,19,22). The Labute approximate surface area is 142 Å². The van der Waals surface area contributed by atoms with E-state index in [4.69, 9.17) is 0 Å². The first kappa shape index (κ1) is 14.8. The number of aromatic nitrogens is 2. The van der Waals surface area contributed by atoms with Gasteiger partial charge in [0, 0.05) is 21.9 Å². The largest absolute Gasteiger partial charge is 0.348 e. The van der Waals surface area contributed by atoms with Crippen molar-refractivity contribution in [3.05, 3.63) is 81.7 Å². The Morgan fingerprint density at radius 2 is 1.82 bits per heavy atom. The second-order valence-electron chi connectivity index (χ2n) is 4.79. The second kappa shape index (κ2) is 6.74. The summed E-state index contributed by atoms with van der Waals surface area (Å²) in [5.74, 6) is -0.0718. The highest BCUT2D eigenvalue weighted by atomic mass is 127. The predicted octanol–water partition coefficient (Wildman–Crippen LogP) is 3.41. The molecule has 3 rings (SSSR count). The summed E-state index contributed by atoms with van der Waals surface area (Å²) in [5, 5.41) is 7.24. The fourth-order valence-corrected chi connectivity index (χ4v) is 2.73. The van der Waals surface area contributed by atoms with Crippen molar-refractivity contribution in [1.82, 2.24) is 15.1 Å². The van der Waals surface area contributed by atoms with Crippen molar-refractivity contribution in [3.63, 3.8) is 0 Å². The van der Waals surface area contributed by atoms with Crippen LogP contribution in [0.5, 0.6) is 0 Å². The van der Waals surface area contributed by atoms with Crippen LogP contribution >= 0.6 is 22.6 Å². The Kier molecular flexibility index (Phi) is 4.53. The highest BCUT2D eigenvalue weighted by Crippen LogP contribution is 2.12. The monoisotopic (exact) mass is 403 g/mol. The highest BCUT2D eigenvalue weighted by molar-refractivity contribution is 14.1. The minimum Gasteiger partial charge on any atom is -0.348 e. The van der Waals surface area contributed by atoms with Crippen LogP contribution in [0.3, 0.4) is 0 Å². The third-order valence-corrected chi connectivity index (χ3v) is 4.17. The van der Waals surface area contributed by atoms with E-state index in [-0.39, 0.29) is 5.91 Å². The number of amides is 1. The van der Waals surface area contributed by atoms with Crippen LogP contribution in [-0.4, -0.2) is 15.7 Å². The van der Waals surface area contributed by atoms with E-state index in [1.165, 1.54) is 0 Å². The molecule has 1 aromatic heterocycles. The van der Waals surface area contributed by atoms with E-state index in [1.807, 2.05) is 60.8 Å². The Hall–Kier alpha value is -2.15. The first-order chi connectivity index (χ1) is 10.7. The zero-order valence-electron chi connectivity index (χ0n) is 11.7. The fraction of sp³-hybridized carbons (Fsp3) is 0.0588. The van der Waals surface area contributed by atoms with Gasteiger partial charge in [0.25, 0.3) is 5.91 Å². The zero-order valence-corrected chi connectivity index (χ0v) is 13.9. The normalized spacial score (nSPS) is 10.4. The van der Waals surface area contributed by atoms with E-state index in [1.54, 1.807) is 10.9 Å². The minimum atomic E-state index is -0.0718. The van der Waals surface area contributed by atoms with Gasteiger partial charge in [0.15, 0.2) is 0 Å². The van der Waals surface area contributed by atoms with E-state index < -0.39 is 0 Å². The van der Waals surface area contributed by atoms with Crippen LogP contribution in [0, 0.1) is 3.57 Å². The number of carbonyl (C=O) groups excluding carboxylic acids is 1. The molecule has 0 aliphatic rings. The lowest BCUT2D eigenvalue weighted by Gasteiger charge is -2.05. The van der Waals surface area contributed by atoms with Gasteiger partial charge in [-0.2, -0.15) is 5.10 Å². The quantitative estimate of drug-likeness (QED) is 0.679. The number of halogens is 1. The summed E-state index contributed by atoms with van der Waals surface area (Å²) in [6, 6.07) is 17.4. The summed E-state index contributed by atoms with van der Waals surface area (Å²) in [4.78, 5) is 12.2. The molecule has 4 nitrogen and oxygen atoms in total. The molecule has 5 heteroatoms. The van der Waals surface area contributed by atoms with Crippen molar-refractivity contribution >= 4 is 28.5 Å². The van der Waals surface area contributed by atoms with Crippen molar-refractivity contribution in [1.29, 1.82) is 0 Å². The SMILES string of the molecule is O=C(NCc1cnn(-c2ccccc2)c1)c1ccccc1I. The molecule has 1 heterocycles. The maximum Gasteiger partial charge on any atom is 0.252 e. The van der Waals surface area contributed by atoms with Gasteiger partial charge < -0.3 is 5.32 Å². The molecule has 0 saturated carbocycles. The Morgan fingerprint density at radius 1 is 1.09 bits per heavy atom. The van der Waals surface area contributed by atoms with Crippen LogP contribution in [0.1, 0.15) is 15.9 Å². The molecule has 1 N–H and O–H groups in total. The molecule has 0 aliphatic heterocycles. The molecular formula is C17H14IN3O. The van der Waals surface area contributed by atoms with Gasteiger partial charge in [0.05, 0.1) is 17.4 Å². The number of benzene rings is 2. The number of hydrogen-bond acceptors (Lipinski definition) is 2. The Balaban J connectivity index is 1.67. The van der Waals surface area contributed by atoms with Gasteiger partial charge in [-0.25, -0.2) is 4.68 Å². The topological polar surface area (TPSA) is 46.9 Å². The molecule has 2 aromatic carbocycles. The van der Waals surface area contributed by atoms with Crippen LogP contribution in [0.25, 0.3) is 5.69 Å². The summed E-state index contributed by atoms with van der Waals surface area (Å²) >= 11 is 2.16. The van der Waals surface area contributed by atoms with Crippen LogP contribution in [-0.2, 0) is 6.54 Å². The number of carbonyl (C=O) groups is 1. The van der Waals surface area contributed by atoms with E-state index >= 15 is 0 Å². The van der Waals surface area contributed by atoms with E-state index in [0.29, 0.717) is 12.1 Å². The summed E-state index contributed by atoms with van der Waals surface area (Å²) in [6.07, 6.45) is 3.69. The Morgan fingerprint density at radius 3 is 2.59 bits per heavy atom. The number of hydrogen-bond donors (Lipinski definition) is 1. The maximum absolute atomic E-state index is 12.2. The average Bonchev–Trinajstić information content (AvgIpc) is 3.03. The fourth-order valence-electron chi connectivity index (χ4n) is 2.10. The molecule has 22 heavy (non-hydrogen) atoms. The summed E-state index contributed by atoms with van der Waals surface area (Å²) in [5.41, 5.74) is 2.65. The summed E-state index contributed by atoms with van der Waals surface area (Å²) < 4.78 is 2.74. The third kappa shape index (κ3) is 3.36. The molecule has 0 spiro atoms. The number of nitrogens with zero attached hydrogens (tertiary/aromatic N) is 2. The molecular weight excluding hydrogens is 389 g/mol. The summed E-state index contributed by atoms with van der Waals surface area (Å²) in [6.45, 7) is 0.455. The maximum atomic E-state index is 12.2. The lowest BCUT2D eigenvalue weighted by Crippen LogP contribution is -2.23. The first-order valence-electron chi connectivity index (χ1n) is 6.86. The number of para-hydroxylation sites is 1. The molecule has 3 aromatic rings. The van der Waals surface area contributed by atoms with Crippen LogP contribution in [0.4, 0.5) is 0 Å². The molecule has 1 amide bonds. The van der Waals surface area contributed by atoms with E-state index in [2.05, 4.69) is 33.0 Å². The van der Waals surface area contributed by atoms with Gasteiger partial charge in [-0.3, -0.25) is 4.79 Å². The Bertz CT molecular complexity index is 783. The van der Waals surface area contributed by atoms with Crippen LogP contribution < -0.4 is 5.32 Å². The molecule has 0 atom stereocenters. The third-order valence-electron chi connectivity index (χ3n) is 3.23. The summed E-state index contributed by atoms with van der Waals surface area (Å²) in [7, 11) is 0. The molecule has 0 bridgehead atoms. The number of rotatable bonds is 4. The van der Waals surface area contributed by atoms with Crippen LogP contribution in [0.2, 0.25) is 0 Å². The molecule has 0 radical (unpaired) electrons. The van der Waals surface area contributed by atoms with Gasteiger partial charge in [-0.05, 0) is 46.9 Å². The second-order valence-corrected chi connectivity index (χ2v) is 5.95. The van der Waals surface area contributed by atoms with Crippen molar-refractivity contribution in [3.8, 4) is 5.69 Å². The van der Waals surface area contributed by atoms with Crippen molar-refractivity contribution < 1.29 is 4.79 Å². The van der Waals surface area contributed by atoms with E-state index in [0.717, 1.165) is 14.8 Å². The molecule has 0 aliphatic carbocycles. The van der Waals surface area contributed by atoms with Gasteiger partial charge in [0.1, 0.15) is 0 Å². The molecule has 0 saturated heterocycles. The van der Waals surface area contributed by atoms with Gasteiger partial charge >= 0.3 is 0 Å². The van der Waals surface area contributed by atoms with Gasteiger partial charge in [0.2, 0.25) is 0 Å². The highest BCUT2D eigenvalue weighted by Gasteiger charge is 2.09. The van der Waals surface area contributed by atoms with Crippen molar-refractivity contribution in [2.45, 2.75) is 6.54 Å². The molecule has 0 unspecified atom stereocenters. The van der Waals surface area contributed by atoms with Gasteiger partial charge in [-0.15, -0.1) is 0 Å². The first-order valence-corrected chi connectivity index (χ1v) is 7.93. The van der Waals surface area contributed by atoms with E-state index in [9.17, 15) is 4.79 Å². The van der Waals surface area contributed by atoms with Crippen LogP contribution in [0.15, 0.2) is 67.0 Å². The lowest BCUT2D eigenvalue weighted by molar-refractivity contribution is 0.0950. The predicted molar refractivity (Wildman–Crippen MR) is 93.9 cm³/mol. The minimum absolute atomic E-state index is 0.0718. The molecule has 0 fully saturated rings. The number of nitrogens with one attached hydrogen (secondary N) is 1. The average molecular weight is 403 g/mol. The van der Waals surface area contributed by atoms with Crippen molar-refractivity contribution in [2.24, 2.45) is 0 Å². The van der Waals surface area contributed by atoms with Crippen molar-refractivity contribution in [2.75, 3.05) is 0 Å². The zero-order chi connectivity index (χ0) is 15.4. The smallest absolute Gasteiger partial charge is 0.252 e. The molecule has 110 valence electrons. The lowest BCUT2D eigenvalue weighted by atomic mass is 10.2. The van der Waals surface area contributed by atoms with Gasteiger partial charge in [-0.1, -0.05) is 30.3 Å².